The van der Waals surface area contributed by atoms with E-state index in [0.717, 1.165) is 22.8 Å². The van der Waals surface area contributed by atoms with E-state index < -0.39 is 0 Å². The highest BCUT2D eigenvalue weighted by Gasteiger charge is 2.36. The van der Waals surface area contributed by atoms with Gasteiger partial charge in [-0.3, -0.25) is 9.79 Å². The van der Waals surface area contributed by atoms with Crippen molar-refractivity contribution in [2.45, 2.75) is 13.5 Å². The Labute approximate surface area is 160 Å². The SMILES string of the molecule is CN=C(NCc1ccc(Br)s1)N1CC(C)C(C(=O)OC)C1.I. The van der Waals surface area contributed by atoms with Crippen molar-refractivity contribution >= 4 is 63.2 Å². The number of methoxy groups -OCH3 is 1. The van der Waals surface area contributed by atoms with Crippen LogP contribution in [0.5, 0.6) is 0 Å². The van der Waals surface area contributed by atoms with Crippen molar-refractivity contribution in [3.63, 3.8) is 0 Å². The van der Waals surface area contributed by atoms with E-state index in [1.807, 2.05) is 6.07 Å². The molecule has 1 saturated heterocycles. The number of ether oxygens (including phenoxy) is 1. The summed E-state index contributed by atoms with van der Waals surface area (Å²) in [6.07, 6.45) is 0. The largest absolute Gasteiger partial charge is 0.469 e. The van der Waals surface area contributed by atoms with Gasteiger partial charge in [-0.15, -0.1) is 35.3 Å². The number of rotatable bonds is 3. The number of thiophene rings is 1. The van der Waals surface area contributed by atoms with Gasteiger partial charge in [0.2, 0.25) is 0 Å². The molecule has 0 spiro atoms. The molecule has 2 atom stereocenters. The second-order valence-corrected chi connectivity index (χ2v) is 7.67. The van der Waals surface area contributed by atoms with Gasteiger partial charge in [-0.25, -0.2) is 0 Å². The molecule has 1 aliphatic heterocycles. The molecule has 0 saturated carbocycles. The van der Waals surface area contributed by atoms with Gasteiger partial charge in [0, 0.05) is 25.0 Å². The van der Waals surface area contributed by atoms with Crippen LogP contribution in [0.15, 0.2) is 20.9 Å². The van der Waals surface area contributed by atoms with Gasteiger partial charge in [0.1, 0.15) is 0 Å². The first kappa shape index (κ1) is 19.7. The minimum absolute atomic E-state index is 0. The van der Waals surface area contributed by atoms with Crippen molar-refractivity contribution in [1.29, 1.82) is 0 Å². The van der Waals surface area contributed by atoms with Crippen molar-refractivity contribution in [2.75, 3.05) is 27.2 Å². The van der Waals surface area contributed by atoms with Crippen LogP contribution in [-0.2, 0) is 16.1 Å². The summed E-state index contributed by atoms with van der Waals surface area (Å²) in [7, 11) is 3.21. The number of carbonyl (C=O) groups is 1. The van der Waals surface area contributed by atoms with Crippen LogP contribution < -0.4 is 5.32 Å². The van der Waals surface area contributed by atoms with Crippen molar-refractivity contribution in [1.82, 2.24) is 10.2 Å². The van der Waals surface area contributed by atoms with Crippen molar-refractivity contribution < 1.29 is 9.53 Å². The first-order chi connectivity index (χ1) is 10.0. The molecule has 1 aromatic rings. The summed E-state index contributed by atoms with van der Waals surface area (Å²) in [6.45, 7) is 4.27. The Balaban J connectivity index is 0.00000242. The fourth-order valence-electron chi connectivity index (χ4n) is 2.54. The van der Waals surface area contributed by atoms with Gasteiger partial charge >= 0.3 is 5.97 Å². The van der Waals surface area contributed by atoms with E-state index in [-0.39, 0.29) is 41.8 Å². The van der Waals surface area contributed by atoms with Crippen LogP contribution in [0.25, 0.3) is 0 Å². The summed E-state index contributed by atoms with van der Waals surface area (Å²) < 4.78 is 5.99. The van der Waals surface area contributed by atoms with E-state index in [2.05, 4.69) is 44.1 Å². The Morgan fingerprint density at radius 1 is 1.55 bits per heavy atom. The summed E-state index contributed by atoms with van der Waals surface area (Å²) in [5.74, 6) is 0.886. The second kappa shape index (κ2) is 9.07. The number of hydrogen-bond acceptors (Lipinski definition) is 4. The van der Waals surface area contributed by atoms with Gasteiger partial charge < -0.3 is 15.0 Å². The summed E-state index contributed by atoms with van der Waals surface area (Å²) >= 11 is 5.16. The molecule has 8 heteroatoms. The number of nitrogens with one attached hydrogen (secondary N) is 1. The fraction of sp³-hybridized carbons (Fsp3) is 0.571. The van der Waals surface area contributed by atoms with Crippen LogP contribution >= 0.6 is 51.2 Å². The predicted octanol–water partition coefficient (Wildman–Crippen LogP) is 2.94. The molecule has 0 aromatic carbocycles. The lowest BCUT2D eigenvalue weighted by molar-refractivity contribution is -0.145. The zero-order valence-corrected chi connectivity index (χ0v) is 17.6. The number of halogens is 2. The lowest BCUT2D eigenvalue weighted by atomic mass is 9.99. The highest BCUT2D eigenvalue weighted by Crippen LogP contribution is 2.25. The van der Waals surface area contributed by atoms with Crippen molar-refractivity contribution in [2.24, 2.45) is 16.8 Å². The third-order valence-electron chi connectivity index (χ3n) is 3.68. The molecule has 5 nitrogen and oxygen atoms in total. The topological polar surface area (TPSA) is 53.9 Å². The summed E-state index contributed by atoms with van der Waals surface area (Å²) in [4.78, 5) is 19.4. The molecular formula is C14H21BrIN3O2S. The number of guanidine groups is 1. The normalized spacial score (nSPS) is 21.5. The highest BCUT2D eigenvalue weighted by molar-refractivity contribution is 14.0. The zero-order chi connectivity index (χ0) is 15.4. The Hall–Kier alpha value is -0.350. The van der Waals surface area contributed by atoms with Crippen molar-refractivity contribution in [3.8, 4) is 0 Å². The molecule has 2 heterocycles. The maximum Gasteiger partial charge on any atom is 0.310 e. The van der Waals surface area contributed by atoms with Crippen LogP contribution in [0.4, 0.5) is 0 Å². The van der Waals surface area contributed by atoms with Crippen LogP contribution in [-0.4, -0.2) is 44.1 Å². The smallest absolute Gasteiger partial charge is 0.310 e. The molecular weight excluding hydrogens is 481 g/mol. The molecule has 124 valence electrons. The Bertz CT molecular complexity index is 538. The van der Waals surface area contributed by atoms with Gasteiger partial charge in [0.25, 0.3) is 0 Å². The Morgan fingerprint density at radius 3 is 2.82 bits per heavy atom. The first-order valence-electron chi connectivity index (χ1n) is 6.82. The summed E-state index contributed by atoms with van der Waals surface area (Å²) in [5.41, 5.74) is 0. The minimum atomic E-state index is -0.136. The fourth-order valence-corrected chi connectivity index (χ4v) is 3.97. The Kier molecular flexibility index (Phi) is 8.12. The number of aliphatic imine (C=N–C) groups is 1. The van der Waals surface area contributed by atoms with Crippen LogP contribution in [0.2, 0.25) is 0 Å². The van der Waals surface area contributed by atoms with E-state index in [4.69, 9.17) is 4.74 Å². The van der Waals surface area contributed by atoms with E-state index >= 15 is 0 Å². The quantitative estimate of drug-likeness (QED) is 0.299. The van der Waals surface area contributed by atoms with Gasteiger partial charge in [0.15, 0.2) is 5.96 Å². The molecule has 0 radical (unpaired) electrons. The molecule has 22 heavy (non-hydrogen) atoms. The molecule has 1 fully saturated rings. The van der Waals surface area contributed by atoms with Crippen LogP contribution in [0, 0.1) is 11.8 Å². The highest BCUT2D eigenvalue weighted by atomic mass is 127. The molecule has 1 N–H and O–H groups in total. The molecule has 0 bridgehead atoms. The molecule has 1 aromatic heterocycles. The Morgan fingerprint density at radius 2 is 2.27 bits per heavy atom. The number of carbonyl (C=O) groups excluding carboxylic acids is 1. The van der Waals surface area contributed by atoms with Gasteiger partial charge in [-0.05, 0) is 34.0 Å². The third-order valence-corrected chi connectivity index (χ3v) is 5.30. The average molecular weight is 502 g/mol. The monoisotopic (exact) mass is 501 g/mol. The summed E-state index contributed by atoms with van der Waals surface area (Å²) in [6, 6.07) is 4.12. The van der Waals surface area contributed by atoms with E-state index in [0.29, 0.717) is 6.54 Å². The minimum Gasteiger partial charge on any atom is -0.469 e. The third kappa shape index (κ3) is 4.82. The first-order valence-corrected chi connectivity index (χ1v) is 8.43. The van der Waals surface area contributed by atoms with Gasteiger partial charge in [-0.2, -0.15) is 0 Å². The number of hydrogen-bond donors (Lipinski definition) is 1. The van der Waals surface area contributed by atoms with Crippen molar-refractivity contribution in [3.05, 3.63) is 20.8 Å². The maximum atomic E-state index is 11.8. The van der Waals surface area contributed by atoms with E-state index in [1.165, 1.54) is 12.0 Å². The average Bonchev–Trinajstić information content (AvgIpc) is 3.05. The lowest BCUT2D eigenvalue weighted by Gasteiger charge is -2.21. The number of nitrogens with zero attached hydrogens (tertiary/aromatic N) is 2. The molecule has 0 aliphatic carbocycles. The molecule has 2 unspecified atom stereocenters. The lowest BCUT2D eigenvalue weighted by Crippen LogP contribution is -2.40. The van der Waals surface area contributed by atoms with Crippen LogP contribution in [0.3, 0.4) is 0 Å². The molecule has 2 rings (SSSR count). The standard InChI is InChI=1S/C14H20BrN3O2S.HI/c1-9-7-18(8-11(9)13(19)20-3)14(16-2)17-6-10-4-5-12(15)21-10;/h4-5,9,11H,6-8H2,1-3H3,(H,16,17);1H. The van der Waals surface area contributed by atoms with E-state index in [9.17, 15) is 4.79 Å². The van der Waals surface area contributed by atoms with Gasteiger partial charge in [0.05, 0.1) is 23.4 Å². The predicted molar refractivity (Wildman–Crippen MR) is 104 cm³/mol. The number of likely N-dealkylation sites (tertiary alicyclic amines) is 1. The van der Waals surface area contributed by atoms with E-state index in [1.54, 1.807) is 18.4 Å². The second-order valence-electron chi connectivity index (χ2n) is 5.12. The maximum absolute atomic E-state index is 11.8. The van der Waals surface area contributed by atoms with Crippen LogP contribution in [0.1, 0.15) is 11.8 Å². The molecule has 1 aliphatic rings. The summed E-state index contributed by atoms with van der Waals surface area (Å²) in [5, 5.41) is 3.35. The molecule has 0 amide bonds. The number of esters is 1. The van der Waals surface area contributed by atoms with Gasteiger partial charge in [-0.1, -0.05) is 6.92 Å². The zero-order valence-electron chi connectivity index (χ0n) is 12.8.